The maximum absolute atomic E-state index is 11.2. The van der Waals surface area contributed by atoms with Crippen LogP contribution >= 0.6 is 0 Å². The average molecular weight is 239 g/mol. The summed E-state index contributed by atoms with van der Waals surface area (Å²) in [5, 5.41) is 26.7. The first-order chi connectivity index (χ1) is 8.68. The predicted molar refractivity (Wildman–Crippen MR) is 61.8 cm³/mol. The van der Waals surface area contributed by atoms with E-state index in [1.807, 2.05) is 0 Å². The number of carbonyl (C=O) groups excluding carboxylic acids is 1. The van der Waals surface area contributed by atoms with Crippen molar-refractivity contribution in [1.29, 1.82) is 15.8 Å². The van der Waals surface area contributed by atoms with Crippen molar-refractivity contribution in [2.75, 3.05) is 0 Å². The molecular formula is C12H9N5O. The molecule has 0 aliphatic heterocycles. The molecule has 0 spiro atoms. The summed E-state index contributed by atoms with van der Waals surface area (Å²) in [7, 11) is 0. The van der Waals surface area contributed by atoms with Gasteiger partial charge >= 0.3 is 0 Å². The van der Waals surface area contributed by atoms with Crippen molar-refractivity contribution in [2.45, 2.75) is 5.54 Å². The SMILES string of the molecule is N#CC(C#N)=C(C#N)C1C=CC=CC1(C=O)NN. The lowest BCUT2D eigenvalue weighted by Crippen LogP contribution is -2.55. The third-order valence-corrected chi connectivity index (χ3v) is 2.67. The largest absolute Gasteiger partial charge is 0.301 e. The zero-order valence-corrected chi connectivity index (χ0v) is 9.29. The molecule has 2 atom stereocenters. The molecule has 0 heterocycles. The summed E-state index contributed by atoms with van der Waals surface area (Å²) in [4.78, 5) is 11.2. The van der Waals surface area contributed by atoms with Crippen LogP contribution in [0.4, 0.5) is 0 Å². The number of rotatable bonds is 3. The van der Waals surface area contributed by atoms with Gasteiger partial charge in [0, 0.05) is 5.92 Å². The van der Waals surface area contributed by atoms with Gasteiger partial charge in [-0.05, 0) is 0 Å². The summed E-state index contributed by atoms with van der Waals surface area (Å²) in [6.45, 7) is 0. The highest BCUT2D eigenvalue weighted by Crippen LogP contribution is 2.30. The van der Waals surface area contributed by atoms with E-state index in [2.05, 4.69) is 5.43 Å². The third-order valence-electron chi connectivity index (χ3n) is 2.67. The number of allylic oxidation sites excluding steroid dienone is 3. The molecular weight excluding hydrogens is 230 g/mol. The predicted octanol–water partition coefficient (Wildman–Crippen LogP) is -0.00306. The Hall–Kier alpha value is -2.72. The molecule has 1 aliphatic carbocycles. The zero-order valence-electron chi connectivity index (χ0n) is 9.29. The van der Waals surface area contributed by atoms with Gasteiger partial charge in [-0.25, -0.2) is 5.43 Å². The van der Waals surface area contributed by atoms with Crippen LogP contribution in [0.15, 0.2) is 35.5 Å². The van der Waals surface area contributed by atoms with Crippen LogP contribution in [0, 0.1) is 39.9 Å². The van der Waals surface area contributed by atoms with Gasteiger partial charge < -0.3 is 4.79 Å². The van der Waals surface area contributed by atoms with Gasteiger partial charge in [0.25, 0.3) is 0 Å². The third kappa shape index (κ3) is 2.05. The molecule has 0 saturated carbocycles. The topological polar surface area (TPSA) is 126 Å². The van der Waals surface area contributed by atoms with E-state index in [0.717, 1.165) is 0 Å². The second-order valence-electron chi connectivity index (χ2n) is 3.54. The second kappa shape index (κ2) is 5.56. The molecule has 1 aliphatic rings. The second-order valence-corrected chi connectivity index (χ2v) is 3.54. The number of nitriles is 3. The maximum atomic E-state index is 11.2. The van der Waals surface area contributed by atoms with E-state index in [9.17, 15) is 4.79 Å². The molecule has 0 fully saturated rings. The van der Waals surface area contributed by atoms with Gasteiger partial charge in [-0.1, -0.05) is 24.3 Å². The molecule has 0 saturated heterocycles. The van der Waals surface area contributed by atoms with Crippen molar-refractivity contribution in [3.8, 4) is 18.2 Å². The van der Waals surface area contributed by atoms with Crippen LogP contribution in [0.1, 0.15) is 0 Å². The summed E-state index contributed by atoms with van der Waals surface area (Å²) in [5.74, 6) is 4.56. The Kier molecular flexibility index (Phi) is 4.12. The number of nitrogens with zero attached hydrogens (tertiary/aromatic N) is 3. The molecule has 6 heteroatoms. The summed E-state index contributed by atoms with van der Waals surface area (Å²) in [6.07, 6.45) is 6.78. The van der Waals surface area contributed by atoms with Gasteiger partial charge in [0.15, 0.2) is 0 Å². The molecule has 1 rings (SSSR count). The highest BCUT2D eigenvalue weighted by atomic mass is 16.1. The van der Waals surface area contributed by atoms with E-state index in [1.165, 1.54) is 6.08 Å². The van der Waals surface area contributed by atoms with Crippen LogP contribution in [0.2, 0.25) is 0 Å². The average Bonchev–Trinajstić information content (AvgIpc) is 2.44. The first-order valence-electron chi connectivity index (χ1n) is 4.93. The lowest BCUT2D eigenvalue weighted by Gasteiger charge is -2.32. The number of hydrazine groups is 1. The number of carbonyl (C=O) groups is 1. The quantitative estimate of drug-likeness (QED) is 0.309. The Morgan fingerprint density at radius 1 is 1.28 bits per heavy atom. The van der Waals surface area contributed by atoms with Gasteiger partial charge in [0.1, 0.15) is 29.5 Å². The molecule has 0 aromatic heterocycles. The minimum Gasteiger partial charge on any atom is -0.301 e. The van der Waals surface area contributed by atoms with Crippen molar-refractivity contribution < 1.29 is 4.79 Å². The number of hydrogen-bond acceptors (Lipinski definition) is 6. The van der Waals surface area contributed by atoms with Crippen molar-refractivity contribution in [3.63, 3.8) is 0 Å². The van der Waals surface area contributed by atoms with Crippen LogP contribution < -0.4 is 11.3 Å². The standard InChI is InChI=1S/C12H9N5O/c13-5-9(6-14)10(7-15)11-3-1-2-4-12(11,8-18)17-16/h1-4,8,11,17H,16H2. The molecule has 3 N–H and O–H groups in total. The minimum absolute atomic E-state index is 0.0920. The van der Waals surface area contributed by atoms with Crippen LogP contribution in [0.5, 0.6) is 0 Å². The van der Waals surface area contributed by atoms with E-state index in [0.29, 0.717) is 6.29 Å². The number of nitrogens with two attached hydrogens (primary N) is 1. The minimum atomic E-state index is -1.32. The van der Waals surface area contributed by atoms with Crippen molar-refractivity contribution in [1.82, 2.24) is 5.43 Å². The molecule has 0 radical (unpaired) electrons. The van der Waals surface area contributed by atoms with Crippen molar-refractivity contribution in [3.05, 3.63) is 35.5 Å². The van der Waals surface area contributed by atoms with Crippen LogP contribution in [-0.2, 0) is 4.79 Å². The smallest absolute Gasteiger partial charge is 0.146 e. The van der Waals surface area contributed by atoms with E-state index in [1.54, 1.807) is 36.4 Å². The van der Waals surface area contributed by atoms with Gasteiger partial charge in [0.2, 0.25) is 0 Å². The summed E-state index contributed by atoms with van der Waals surface area (Å²) < 4.78 is 0. The Bertz CT molecular complexity index is 551. The van der Waals surface area contributed by atoms with Crippen LogP contribution in [-0.4, -0.2) is 11.8 Å². The van der Waals surface area contributed by atoms with E-state index in [-0.39, 0.29) is 11.1 Å². The molecule has 6 nitrogen and oxygen atoms in total. The van der Waals surface area contributed by atoms with E-state index < -0.39 is 11.5 Å². The summed E-state index contributed by atoms with van der Waals surface area (Å²) in [6, 6.07) is 5.07. The zero-order chi connectivity index (χ0) is 13.6. The lowest BCUT2D eigenvalue weighted by atomic mass is 9.76. The lowest BCUT2D eigenvalue weighted by molar-refractivity contribution is -0.112. The maximum Gasteiger partial charge on any atom is 0.146 e. The monoisotopic (exact) mass is 239 g/mol. The Labute approximate surface area is 104 Å². The molecule has 0 bridgehead atoms. The Balaban J connectivity index is 3.44. The van der Waals surface area contributed by atoms with Gasteiger partial charge in [-0.3, -0.25) is 5.84 Å². The number of hydrogen-bond donors (Lipinski definition) is 2. The van der Waals surface area contributed by atoms with Gasteiger partial charge in [-0.15, -0.1) is 0 Å². The fraction of sp³-hybridized carbons (Fsp3) is 0.167. The van der Waals surface area contributed by atoms with Crippen LogP contribution in [0.3, 0.4) is 0 Å². The van der Waals surface area contributed by atoms with Crippen LogP contribution in [0.25, 0.3) is 0 Å². The molecule has 0 aromatic rings. The summed E-state index contributed by atoms with van der Waals surface area (Å²) in [5.41, 5.74) is 0.582. The molecule has 0 aromatic carbocycles. The number of nitrogens with one attached hydrogen (secondary N) is 1. The van der Waals surface area contributed by atoms with E-state index >= 15 is 0 Å². The molecule has 0 amide bonds. The Morgan fingerprint density at radius 2 is 1.94 bits per heavy atom. The first kappa shape index (κ1) is 13.3. The fourth-order valence-electron chi connectivity index (χ4n) is 1.70. The van der Waals surface area contributed by atoms with Crippen molar-refractivity contribution >= 4 is 6.29 Å². The van der Waals surface area contributed by atoms with Gasteiger partial charge in [-0.2, -0.15) is 15.8 Å². The molecule has 88 valence electrons. The summed E-state index contributed by atoms with van der Waals surface area (Å²) >= 11 is 0. The number of aldehydes is 1. The normalized spacial score (nSPS) is 24.4. The van der Waals surface area contributed by atoms with E-state index in [4.69, 9.17) is 21.6 Å². The molecule has 2 unspecified atom stereocenters. The highest BCUT2D eigenvalue weighted by molar-refractivity contribution is 5.73. The first-order valence-corrected chi connectivity index (χ1v) is 4.93. The van der Waals surface area contributed by atoms with Crippen molar-refractivity contribution in [2.24, 2.45) is 11.8 Å². The molecule has 18 heavy (non-hydrogen) atoms. The Morgan fingerprint density at radius 3 is 2.39 bits per heavy atom. The van der Waals surface area contributed by atoms with Gasteiger partial charge in [0.05, 0.1) is 11.6 Å². The fourth-order valence-corrected chi connectivity index (χ4v) is 1.70. The highest BCUT2D eigenvalue weighted by Gasteiger charge is 2.39.